The number of rotatable bonds is 0. The van der Waals surface area contributed by atoms with Gasteiger partial charge in [-0.25, -0.2) is 0 Å². The molecule has 1 aliphatic rings. The molecule has 1 heteroatoms. The summed E-state index contributed by atoms with van der Waals surface area (Å²) in [6, 6.07) is 0. The minimum Gasteiger partial charge on any atom is -0.0897 e. The van der Waals surface area contributed by atoms with Crippen molar-refractivity contribution in [2.45, 2.75) is 83.5 Å². The van der Waals surface area contributed by atoms with Crippen molar-refractivity contribution in [3.63, 3.8) is 0 Å². The van der Waals surface area contributed by atoms with E-state index in [0.717, 1.165) is 6.42 Å². The molecule has 1 fully saturated rings. The van der Waals surface area contributed by atoms with Crippen molar-refractivity contribution in [1.29, 1.82) is 0 Å². The average Bonchev–Trinajstić information content (AvgIpc) is 2.32. The molecule has 0 saturated heterocycles. The lowest BCUT2D eigenvalue weighted by molar-refractivity contribution is 0.593. The van der Waals surface area contributed by atoms with E-state index in [1.165, 1.54) is 81.9 Å². The molecule has 0 N–H and O–H groups in total. The first-order chi connectivity index (χ1) is 8.39. The zero-order chi connectivity index (χ0) is 12.2. The van der Waals surface area contributed by atoms with Crippen LogP contribution in [0.2, 0.25) is 0 Å². The van der Waals surface area contributed by atoms with Crippen LogP contribution in [0.25, 0.3) is 0 Å². The molecule has 0 atom stereocenters. The molecule has 1 saturated carbocycles. The highest BCUT2D eigenvalue weighted by atomic mass is 32.1. The predicted octanol–water partition coefficient (Wildman–Crippen LogP) is 5.85. The van der Waals surface area contributed by atoms with Crippen molar-refractivity contribution >= 4 is 17.1 Å². The molecule has 98 valence electrons. The third-order valence-electron chi connectivity index (χ3n) is 3.55. The van der Waals surface area contributed by atoms with Gasteiger partial charge in [-0.1, -0.05) is 70.0 Å². The maximum atomic E-state index is 5.40. The third kappa shape index (κ3) is 9.76. The van der Waals surface area contributed by atoms with Gasteiger partial charge in [0.15, 0.2) is 0 Å². The van der Waals surface area contributed by atoms with E-state index in [9.17, 15) is 0 Å². The van der Waals surface area contributed by atoms with Gasteiger partial charge in [0.2, 0.25) is 0 Å². The SMILES string of the molecule is S=C1C[CH]CCCCCCC[CH]CCCCC1. The quantitative estimate of drug-likeness (QED) is 0.487. The highest BCUT2D eigenvalue weighted by Crippen LogP contribution is 2.15. The highest BCUT2D eigenvalue weighted by Gasteiger charge is 2.00. The van der Waals surface area contributed by atoms with Crippen molar-refractivity contribution in [1.82, 2.24) is 0 Å². The Morgan fingerprint density at radius 3 is 1.88 bits per heavy atom. The molecule has 0 heterocycles. The van der Waals surface area contributed by atoms with Crippen LogP contribution >= 0.6 is 12.2 Å². The minimum absolute atomic E-state index is 1.08. The average molecular weight is 252 g/mol. The zero-order valence-corrected chi connectivity index (χ0v) is 12.1. The van der Waals surface area contributed by atoms with E-state index in [2.05, 4.69) is 12.8 Å². The lowest BCUT2D eigenvalue weighted by atomic mass is 10.0. The second-order valence-electron chi connectivity index (χ2n) is 5.26. The molecular formula is C16H28S. The van der Waals surface area contributed by atoms with E-state index in [-0.39, 0.29) is 0 Å². The Bertz CT molecular complexity index is 168. The molecular weight excluding hydrogens is 224 g/mol. The number of thiocarbonyl (C=S) groups is 1. The molecule has 17 heavy (non-hydrogen) atoms. The summed E-state index contributed by atoms with van der Waals surface area (Å²) in [5.74, 6) is 0. The van der Waals surface area contributed by atoms with Crippen LogP contribution in [0.4, 0.5) is 0 Å². The lowest BCUT2D eigenvalue weighted by Crippen LogP contribution is -1.96. The first-order valence-corrected chi connectivity index (χ1v) is 7.95. The van der Waals surface area contributed by atoms with Gasteiger partial charge in [0.1, 0.15) is 0 Å². The minimum atomic E-state index is 1.08. The van der Waals surface area contributed by atoms with Crippen LogP contribution in [0.1, 0.15) is 83.5 Å². The van der Waals surface area contributed by atoms with Gasteiger partial charge in [-0.05, 0) is 43.4 Å². The fourth-order valence-corrected chi connectivity index (χ4v) is 2.67. The maximum Gasteiger partial charge on any atom is -0.00686 e. The molecule has 1 aliphatic carbocycles. The summed E-state index contributed by atoms with van der Waals surface area (Å²) in [5.41, 5.74) is 0. The van der Waals surface area contributed by atoms with E-state index in [0.29, 0.717) is 0 Å². The molecule has 0 amide bonds. The largest absolute Gasteiger partial charge is 0.0897 e. The van der Waals surface area contributed by atoms with E-state index < -0.39 is 0 Å². The summed E-state index contributed by atoms with van der Waals surface area (Å²) >= 11 is 5.40. The third-order valence-corrected chi connectivity index (χ3v) is 3.92. The first kappa shape index (κ1) is 15.1. The monoisotopic (exact) mass is 252 g/mol. The number of hydrogen-bond donors (Lipinski definition) is 0. The van der Waals surface area contributed by atoms with Crippen LogP contribution in [0.3, 0.4) is 0 Å². The van der Waals surface area contributed by atoms with E-state index in [4.69, 9.17) is 12.2 Å². The molecule has 0 aromatic rings. The van der Waals surface area contributed by atoms with Gasteiger partial charge in [-0.3, -0.25) is 0 Å². The molecule has 2 radical (unpaired) electrons. The Hall–Kier alpha value is 0.0900. The first-order valence-electron chi connectivity index (χ1n) is 7.54. The van der Waals surface area contributed by atoms with E-state index in [1.54, 1.807) is 0 Å². The maximum absolute atomic E-state index is 5.40. The van der Waals surface area contributed by atoms with Crippen LogP contribution < -0.4 is 0 Å². The van der Waals surface area contributed by atoms with Gasteiger partial charge in [0.05, 0.1) is 0 Å². The molecule has 1 rings (SSSR count). The molecule has 0 spiro atoms. The molecule has 0 nitrogen and oxygen atoms in total. The number of hydrogen-bond acceptors (Lipinski definition) is 1. The second kappa shape index (κ2) is 11.2. The molecule has 0 aliphatic heterocycles. The van der Waals surface area contributed by atoms with Gasteiger partial charge in [-0.15, -0.1) is 0 Å². The molecule has 0 bridgehead atoms. The smallest absolute Gasteiger partial charge is 0.00686 e. The fourth-order valence-electron chi connectivity index (χ4n) is 2.40. The van der Waals surface area contributed by atoms with Crippen molar-refractivity contribution in [3.8, 4) is 0 Å². The highest BCUT2D eigenvalue weighted by molar-refractivity contribution is 7.80. The molecule has 0 aromatic carbocycles. The summed E-state index contributed by atoms with van der Waals surface area (Å²) in [5, 5.41) is 0. The van der Waals surface area contributed by atoms with Crippen molar-refractivity contribution < 1.29 is 0 Å². The van der Waals surface area contributed by atoms with Gasteiger partial charge < -0.3 is 0 Å². The summed E-state index contributed by atoms with van der Waals surface area (Å²) in [7, 11) is 0. The van der Waals surface area contributed by atoms with E-state index >= 15 is 0 Å². The predicted molar refractivity (Wildman–Crippen MR) is 81.2 cm³/mol. The Kier molecular flexibility index (Phi) is 9.98. The van der Waals surface area contributed by atoms with Crippen LogP contribution in [-0.4, -0.2) is 4.86 Å². The topological polar surface area (TPSA) is 0 Å². The lowest BCUT2D eigenvalue weighted by Gasteiger charge is -2.06. The van der Waals surface area contributed by atoms with Crippen molar-refractivity contribution in [2.24, 2.45) is 0 Å². The normalized spacial score (nSPS) is 23.4. The fraction of sp³-hybridized carbons (Fsp3) is 0.812. The summed E-state index contributed by atoms with van der Waals surface area (Å²) in [6.07, 6.45) is 22.1. The van der Waals surface area contributed by atoms with Crippen LogP contribution in [0.15, 0.2) is 0 Å². The van der Waals surface area contributed by atoms with E-state index in [1.807, 2.05) is 0 Å². The Morgan fingerprint density at radius 1 is 0.647 bits per heavy atom. The van der Waals surface area contributed by atoms with Gasteiger partial charge >= 0.3 is 0 Å². The molecule has 0 unspecified atom stereocenters. The Morgan fingerprint density at radius 2 is 1.18 bits per heavy atom. The van der Waals surface area contributed by atoms with Crippen LogP contribution in [0.5, 0.6) is 0 Å². The zero-order valence-electron chi connectivity index (χ0n) is 11.3. The van der Waals surface area contributed by atoms with Crippen molar-refractivity contribution in [2.75, 3.05) is 0 Å². The standard InChI is InChI=1S/C16H28S/c17-16-14-12-10-8-6-4-2-1-3-5-7-9-11-13-15-16/h4,13H,1-3,5-12,14-15H2. The van der Waals surface area contributed by atoms with Gasteiger partial charge in [-0.2, -0.15) is 0 Å². The summed E-state index contributed by atoms with van der Waals surface area (Å²) in [6.45, 7) is 0. The second-order valence-corrected chi connectivity index (χ2v) is 5.84. The van der Waals surface area contributed by atoms with Crippen LogP contribution in [-0.2, 0) is 0 Å². The van der Waals surface area contributed by atoms with Crippen LogP contribution in [0, 0.1) is 12.8 Å². The molecule has 0 aromatic heterocycles. The summed E-state index contributed by atoms with van der Waals surface area (Å²) in [4.78, 5) is 1.28. The summed E-state index contributed by atoms with van der Waals surface area (Å²) < 4.78 is 0. The Balaban J connectivity index is 2.11. The van der Waals surface area contributed by atoms with Gasteiger partial charge in [0.25, 0.3) is 0 Å². The van der Waals surface area contributed by atoms with Crippen molar-refractivity contribution in [3.05, 3.63) is 12.8 Å². The van der Waals surface area contributed by atoms with Gasteiger partial charge in [0, 0.05) is 0 Å². The Labute approximate surface area is 114 Å².